The molecule has 2 rings (SSSR count). The van der Waals surface area contributed by atoms with Crippen molar-refractivity contribution in [1.82, 2.24) is 0 Å². The van der Waals surface area contributed by atoms with Crippen LogP contribution >= 0.6 is 0 Å². The van der Waals surface area contributed by atoms with Gasteiger partial charge in [0.2, 0.25) is 0 Å². The molecule has 0 radical (unpaired) electrons. The molecule has 9 heavy (non-hydrogen) atoms. The lowest BCUT2D eigenvalue weighted by atomic mass is 10.1. The highest BCUT2D eigenvalue weighted by Gasteiger charge is 2.11. The van der Waals surface area contributed by atoms with E-state index in [1.807, 2.05) is 12.2 Å². The van der Waals surface area contributed by atoms with Crippen LogP contribution in [0.25, 0.3) is 0 Å². The van der Waals surface area contributed by atoms with E-state index in [1.54, 1.807) is 0 Å². The standard InChI is InChI=1S/C8H8O/c1-2-4-8-7(3-1)5-6-9-8/h1-2,4-5H,3,6H2. The number of ether oxygens (including phenoxy) is 1. The summed E-state index contributed by atoms with van der Waals surface area (Å²) in [6, 6.07) is 0. The van der Waals surface area contributed by atoms with Crippen molar-refractivity contribution in [3.8, 4) is 0 Å². The van der Waals surface area contributed by atoms with Crippen molar-refractivity contribution in [2.75, 3.05) is 6.61 Å². The Balaban J connectivity index is 2.37. The fourth-order valence-corrected chi connectivity index (χ4v) is 1.11. The van der Waals surface area contributed by atoms with Crippen LogP contribution in [-0.2, 0) is 4.74 Å². The van der Waals surface area contributed by atoms with Crippen molar-refractivity contribution in [3.63, 3.8) is 0 Å². The maximum atomic E-state index is 5.27. The highest BCUT2D eigenvalue weighted by atomic mass is 16.5. The van der Waals surface area contributed by atoms with E-state index in [9.17, 15) is 0 Å². The molecule has 0 aromatic carbocycles. The summed E-state index contributed by atoms with van der Waals surface area (Å²) >= 11 is 0. The third-order valence-electron chi connectivity index (χ3n) is 1.61. The molecule has 0 unspecified atom stereocenters. The zero-order valence-corrected chi connectivity index (χ0v) is 5.13. The Morgan fingerprint density at radius 3 is 3.33 bits per heavy atom. The Hall–Kier alpha value is -0.980. The van der Waals surface area contributed by atoms with Gasteiger partial charge in [-0.25, -0.2) is 0 Å². The fraction of sp³-hybridized carbons (Fsp3) is 0.250. The average Bonchev–Trinajstić information content (AvgIpc) is 2.33. The zero-order valence-electron chi connectivity index (χ0n) is 5.13. The Labute approximate surface area is 54.3 Å². The van der Waals surface area contributed by atoms with Gasteiger partial charge in [-0.1, -0.05) is 12.2 Å². The number of rotatable bonds is 0. The SMILES string of the molecule is C1=CCC2=CCOC2=C1. The highest BCUT2D eigenvalue weighted by molar-refractivity contribution is 5.37. The minimum absolute atomic E-state index is 0.767. The maximum Gasteiger partial charge on any atom is 0.123 e. The Kier molecular flexibility index (Phi) is 0.950. The number of hydrogen-bond donors (Lipinski definition) is 0. The summed E-state index contributed by atoms with van der Waals surface area (Å²) in [6.07, 6.45) is 9.38. The minimum Gasteiger partial charge on any atom is -0.489 e. The lowest BCUT2D eigenvalue weighted by molar-refractivity contribution is 0.275. The molecule has 0 aromatic rings. The third-order valence-corrected chi connectivity index (χ3v) is 1.61. The van der Waals surface area contributed by atoms with E-state index in [1.165, 1.54) is 5.57 Å². The molecule has 1 aliphatic heterocycles. The molecule has 0 fully saturated rings. The van der Waals surface area contributed by atoms with Crippen LogP contribution in [0.1, 0.15) is 6.42 Å². The predicted molar refractivity (Wildman–Crippen MR) is 35.9 cm³/mol. The summed E-state index contributed by atoms with van der Waals surface area (Å²) in [5, 5.41) is 0. The normalized spacial score (nSPS) is 22.2. The van der Waals surface area contributed by atoms with Gasteiger partial charge < -0.3 is 4.74 Å². The molecule has 0 saturated heterocycles. The van der Waals surface area contributed by atoms with Gasteiger partial charge in [0.05, 0.1) is 0 Å². The van der Waals surface area contributed by atoms with Gasteiger partial charge in [0.15, 0.2) is 0 Å². The number of fused-ring (bicyclic) bond motifs is 1. The highest BCUT2D eigenvalue weighted by Crippen LogP contribution is 2.24. The minimum atomic E-state index is 0.767. The van der Waals surface area contributed by atoms with E-state index in [0.717, 1.165) is 18.8 Å². The molecule has 1 heterocycles. The van der Waals surface area contributed by atoms with Crippen molar-refractivity contribution in [1.29, 1.82) is 0 Å². The number of hydrogen-bond acceptors (Lipinski definition) is 1. The van der Waals surface area contributed by atoms with Gasteiger partial charge in [-0.15, -0.1) is 0 Å². The molecule has 1 nitrogen and oxygen atoms in total. The van der Waals surface area contributed by atoms with Gasteiger partial charge in [0, 0.05) is 0 Å². The monoisotopic (exact) mass is 120 g/mol. The van der Waals surface area contributed by atoms with Crippen LogP contribution in [0.3, 0.4) is 0 Å². The smallest absolute Gasteiger partial charge is 0.123 e. The molecule has 2 aliphatic rings. The Morgan fingerprint density at radius 1 is 1.44 bits per heavy atom. The summed E-state index contributed by atoms with van der Waals surface area (Å²) in [5.41, 5.74) is 1.34. The first-order chi connectivity index (χ1) is 4.47. The zero-order chi connectivity index (χ0) is 6.10. The van der Waals surface area contributed by atoms with Crippen LogP contribution in [0.4, 0.5) is 0 Å². The molecule has 0 N–H and O–H groups in total. The topological polar surface area (TPSA) is 9.23 Å². The maximum absolute atomic E-state index is 5.27. The van der Waals surface area contributed by atoms with Crippen molar-refractivity contribution >= 4 is 0 Å². The summed E-state index contributed by atoms with van der Waals surface area (Å²) in [7, 11) is 0. The van der Waals surface area contributed by atoms with Crippen molar-refractivity contribution in [3.05, 3.63) is 35.6 Å². The van der Waals surface area contributed by atoms with Crippen LogP contribution < -0.4 is 0 Å². The fourth-order valence-electron chi connectivity index (χ4n) is 1.11. The van der Waals surface area contributed by atoms with E-state index < -0.39 is 0 Å². The lowest BCUT2D eigenvalue weighted by Crippen LogP contribution is -1.87. The summed E-state index contributed by atoms with van der Waals surface area (Å²) in [6.45, 7) is 0.767. The van der Waals surface area contributed by atoms with Crippen molar-refractivity contribution < 1.29 is 4.74 Å². The van der Waals surface area contributed by atoms with Gasteiger partial charge in [-0.3, -0.25) is 0 Å². The van der Waals surface area contributed by atoms with Crippen molar-refractivity contribution in [2.45, 2.75) is 6.42 Å². The molecule has 46 valence electrons. The van der Waals surface area contributed by atoms with Crippen LogP contribution in [0.15, 0.2) is 35.6 Å². The van der Waals surface area contributed by atoms with Gasteiger partial charge in [0.1, 0.15) is 12.4 Å². The molecule has 0 atom stereocenters. The summed E-state index contributed by atoms with van der Waals surface area (Å²) < 4.78 is 5.27. The van der Waals surface area contributed by atoms with Crippen LogP contribution in [0, 0.1) is 0 Å². The predicted octanol–water partition coefficient (Wildman–Crippen LogP) is 1.79. The van der Waals surface area contributed by atoms with Gasteiger partial charge in [-0.05, 0) is 24.1 Å². The van der Waals surface area contributed by atoms with E-state index in [0.29, 0.717) is 0 Å². The van der Waals surface area contributed by atoms with E-state index >= 15 is 0 Å². The van der Waals surface area contributed by atoms with Crippen molar-refractivity contribution in [2.24, 2.45) is 0 Å². The second-order valence-electron chi connectivity index (χ2n) is 2.20. The third kappa shape index (κ3) is 0.689. The van der Waals surface area contributed by atoms with Gasteiger partial charge in [-0.2, -0.15) is 0 Å². The molecular weight excluding hydrogens is 112 g/mol. The molecule has 1 aliphatic carbocycles. The molecule has 0 saturated carbocycles. The molecular formula is C8H8O. The molecule has 0 bridgehead atoms. The molecule has 0 amide bonds. The first-order valence-electron chi connectivity index (χ1n) is 3.16. The van der Waals surface area contributed by atoms with E-state index in [4.69, 9.17) is 4.74 Å². The second kappa shape index (κ2) is 1.76. The van der Waals surface area contributed by atoms with Gasteiger partial charge in [0.25, 0.3) is 0 Å². The quantitative estimate of drug-likeness (QED) is 0.473. The Morgan fingerprint density at radius 2 is 2.44 bits per heavy atom. The largest absolute Gasteiger partial charge is 0.489 e. The van der Waals surface area contributed by atoms with Gasteiger partial charge >= 0.3 is 0 Å². The second-order valence-corrected chi connectivity index (χ2v) is 2.20. The van der Waals surface area contributed by atoms with Crippen LogP contribution in [0.5, 0.6) is 0 Å². The average molecular weight is 120 g/mol. The molecule has 0 spiro atoms. The summed E-state index contributed by atoms with van der Waals surface area (Å²) in [4.78, 5) is 0. The van der Waals surface area contributed by atoms with E-state index in [-0.39, 0.29) is 0 Å². The lowest BCUT2D eigenvalue weighted by Gasteiger charge is -2.04. The Bertz CT molecular complexity index is 209. The number of allylic oxidation sites excluding steroid dienone is 4. The van der Waals surface area contributed by atoms with Crippen LogP contribution in [-0.4, -0.2) is 6.61 Å². The first-order valence-corrected chi connectivity index (χ1v) is 3.16. The van der Waals surface area contributed by atoms with Crippen LogP contribution in [0.2, 0.25) is 0 Å². The molecule has 0 aromatic heterocycles. The first kappa shape index (κ1) is 4.86. The van der Waals surface area contributed by atoms with E-state index in [2.05, 4.69) is 12.2 Å². The summed E-state index contributed by atoms with van der Waals surface area (Å²) in [5.74, 6) is 1.07. The molecule has 1 heteroatoms.